The molecule has 0 amide bonds. The highest BCUT2D eigenvalue weighted by Crippen LogP contribution is 2.01. The van der Waals surface area contributed by atoms with Crippen LogP contribution in [0, 0.1) is 0 Å². The average Bonchev–Trinajstić information content (AvgIpc) is 2.35. The van der Waals surface area contributed by atoms with Crippen molar-refractivity contribution < 1.29 is 4.79 Å². The smallest absolute Gasteiger partial charge is 0.312 e. The topological polar surface area (TPSA) is 71.9 Å². The predicted octanol–water partition coefficient (Wildman–Crippen LogP) is 0.988. The quantitative estimate of drug-likeness (QED) is 0.852. The second-order valence-corrected chi connectivity index (χ2v) is 4.11. The molecule has 0 bridgehead atoms. The van der Waals surface area contributed by atoms with E-state index < -0.39 is 17.2 Å². The number of carbonyl (C=O) groups excluding carboxylic acids is 1. The molecule has 0 aliphatic carbocycles. The first-order chi connectivity index (χ1) is 8.11. The first-order valence-electron chi connectivity index (χ1n) is 4.71. The fraction of sp³-hybridized carbons (Fsp3) is 0. The minimum absolute atomic E-state index is 0.126. The van der Waals surface area contributed by atoms with Crippen molar-refractivity contribution in [3.63, 3.8) is 0 Å². The lowest BCUT2D eigenvalue weighted by atomic mass is 10.2. The van der Waals surface area contributed by atoms with E-state index in [1.807, 2.05) is 0 Å². The summed E-state index contributed by atoms with van der Waals surface area (Å²) in [6.45, 7) is 0. The summed E-state index contributed by atoms with van der Waals surface area (Å²) in [5, 5.41) is 0. The lowest BCUT2D eigenvalue weighted by Gasteiger charge is -2.02. The second-order valence-electron chi connectivity index (χ2n) is 3.25. The molecule has 2 aromatic rings. The van der Waals surface area contributed by atoms with Crippen molar-refractivity contribution in [1.82, 2.24) is 9.55 Å². The number of carbonyl (C=O) groups is 1. The minimum Gasteiger partial charge on any atom is -0.312 e. The summed E-state index contributed by atoms with van der Waals surface area (Å²) in [7, 11) is 0. The third kappa shape index (κ3) is 2.12. The zero-order valence-electron chi connectivity index (χ0n) is 8.51. The fourth-order valence-corrected chi connectivity index (χ4v) is 1.64. The van der Waals surface area contributed by atoms with E-state index in [9.17, 15) is 14.4 Å². The molecular weight excluding hydrogens is 288 g/mol. The van der Waals surface area contributed by atoms with Crippen LogP contribution in [0.5, 0.6) is 0 Å². The predicted molar refractivity (Wildman–Crippen MR) is 65.2 cm³/mol. The van der Waals surface area contributed by atoms with Crippen LogP contribution in [0.2, 0.25) is 0 Å². The summed E-state index contributed by atoms with van der Waals surface area (Å²) in [4.78, 5) is 37.4. The molecule has 1 aromatic heterocycles. The van der Waals surface area contributed by atoms with Crippen molar-refractivity contribution in [2.24, 2.45) is 0 Å². The van der Waals surface area contributed by atoms with E-state index in [0.29, 0.717) is 4.57 Å². The van der Waals surface area contributed by atoms with Gasteiger partial charge in [-0.3, -0.25) is 9.59 Å². The van der Waals surface area contributed by atoms with Crippen LogP contribution in [0.15, 0.2) is 50.6 Å². The molecule has 6 heteroatoms. The first kappa shape index (κ1) is 11.5. The molecule has 5 nitrogen and oxygen atoms in total. The molecular formula is C11H7BrN2O3. The maximum absolute atomic E-state index is 12.0. The van der Waals surface area contributed by atoms with Gasteiger partial charge in [-0.2, -0.15) is 4.57 Å². The van der Waals surface area contributed by atoms with Gasteiger partial charge in [0.15, 0.2) is 0 Å². The zero-order valence-corrected chi connectivity index (χ0v) is 10.1. The van der Waals surface area contributed by atoms with Gasteiger partial charge in [0.25, 0.3) is 11.5 Å². The van der Waals surface area contributed by atoms with Crippen LogP contribution in [0.4, 0.5) is 0 Å². The molecule has 0 unspecified atom stereocenters. The van der Waals surface area contributed by atoms with Crippen molar-refractivity contribution in [2.75, 3.05) is 0 Å². The highest BCUT2D eigenvalue weighted by molar-refractivity contribution is 9.10. The Balaban J connectivity index is 2.64. The Labute approximate surface area is 104 Å². The van der Waals surface area contributed by atoms with Crippen molar-refractivity contribution in [1.29, 1.82) is 0 Å². The van der Waals surface area contributed by atoms with Gasteiger partial charge in [0.1, 0.15) is 0 Å². The molecule has 0 aliphatic rings. The standard InChI is InChI=1S/C11H7BrN2O3/c12-8-6-13-11(17)14(10(8)16)9(15)7-4-2-1-3-5-7/h1-6H,(H,13,17). The average molecular weight is 295 g/mol. The van der Waals surface area contributed by atoms with Crippen molar-refractivity contribution in [3.8, 4) is 0 Å². The lowest BCUT2D eigenvalue weighted by Crippen LogP contribution is -2.40. The van der Waals surface area contributed by atoms with E-state index in [1.54, 1.807) is 18.2 Å². The molecule has 0 saturated heterocycles. The van der Waals surface area contributed by atoms with Crippen molar-refractivity contribution in [3.05, 3.63) is 67.4 Å². The number of nitrogens with zero attached hydrogens (tertiary/aromatic N) is 1. The summed E-state index contributed by atoms with van der Waals surface area (Å²) in [6.07, 6.45) is 1.21. The maximum atomic E-state index is 12.0. The SMILES string of the molecule is O=C(c1ccccc1)n1c(=O)[nH]cc(Br)c1=O. The van der Waals surface area contributed by atoms with Gasteiger partial charge in [0.2, 0.25) is 0 Å². The summed E-state index contributed by atoms with van der Waals surface area (Å²) in [5.41, 5.74) is -1.16. The van der Waals surface area contributed by atoms with Crippen LogP contribution in [-0.4, -0.2) is 15.5 Å². The number of hydrogen-bond donors (Lipinski definition) is 1. The molecule has 0 atom stereocenters. The van der Waals surface area contributed by atoms with Gasteiger partial charge in [0.05, 0.1) is 4.47 Å². The first-order valence-corrected chi connectivity index (χ1v) is 5.50. The van der Waals surface area contributed by atoms with Crippen molar-refractivity contribution in [2.45, 2.75) is 0 Å². The van der Waals surface area contributed by atoms with E-state index in [4.69, 9.17) is 0 Å². The van der Waals surface area contributed by atoms with Gasteiger partial charge < -0.3 is 4.98 Å². The largest absolute Gasteiger partial charge is 0.335 e. The molecule has 2 rings (SSSR count). The van der Waals surface area contributed by atoms with Crippen LogP contribution in [-0.2, 0) is 0 Å². The summed E-state index contributed by atoms with van der Waals surface area (Å²) in [5.74, 6) is -0.654. The Morgan fingerprint density at radius 3 is 2.47 bits per heavy atom. The molecule has 86 valence electrons. The number of nitrogens with one attached hydrogen (secondary N) is 1. The van der Waals surface area contributed by atoms with Crippen LogP contribution in [0.3, 0.4) is 0 Å². The number of H-pyrrole nitrogens is 1. The second kappa shape index (κ2) is 4.50. The molecule has 0 saturated carbocycles. The highest BCUT2D eigenvalue weighted by atomic mass is 79.9. The summed E-state index contributed by atoms with van der Waals surface area (Å²) in [6, 6.07) is 8.13. The van der Waals surface area contributed by atoms with Gasteiger partial charge in [-0.1, -0.05) is 18.2 Å². The van der Waals surface area contributed by atoms with Gasteiger partial charge in [-0.25, -0.2) is 4.79 Å². The van der Waals surface area contributed by atoms with E-state index in [2.05, 4.69) is 20.9 Å². The third-order valence-corrected chi connectivity index (χ3v) is 2.72. The lowest BCUT2D eigenvalue weighted by molar-refractivity contribution is 0.0950. The van der Waals surface area contributed by atoms with Crippen LogP contribution >= 0.6 is 15.9 Å². The van der Waals surface area contributed by atoms with Crippen LogP contribution in [0.1, 0.15) is 10.4 Å². The van der Waals surface area contributed by atoms with Gasteiger partial charge in [-0.15, -0.1) is 0 Å². The zero-order chi connectivity index (χ0) is 12.4. The Morgan fingerprint density at radius 2 is 1.82 bits per heavy atom. The number of aromatic amines is 1. The normalized spacial score (nSPS) is 10.2. The highest BCUT2D eigenvalue weighted by Gasteiger charge is 2.14. The maximum Gasteiger partial charge on any atom is 0.335 e. The Kier molecular flexibility index (Phi) is 3.06. The van der Waals surface area contributed by atoms with E-state index in [-0.39, 0.29) is 10.0 Å². The molecule has 1 aromatic carbocycles. The van der Waals surface area contributed by atoms with E-state index in [1.165, 1.54) is 18.3 Å². The van der Waals surface area contributed by atoms with Gasteiger partial charge in [0, 0.05) is 11.8 Å². The Hall–Kier alpha value is -1.95. The number of hydrogen-bond acceptors (Lipinski definition) is 3. The molecule has 17 heavy (non-hydrogen) atoms. The molecule has 0 fully saturated rings. The molecule has 0 radical (unpaired) electrons. The van der Waals surface area contributed by atoms with Gasteiger partial charge >= 0.3 is 5.69 Å². The molecule has 0 spiro atoms. The molecule has 0 aliphatic heterocycles. The Bertz CT molecular complexity index is 673. The van der Waals surface area contributed by atoms with E-state index >= 15 is 0 Å². The minimum atomic E-state index is -0.757. The van der Waals surface area contributed by atoms with Crippen LogP contribution in [0.25, 0.3) is 0 Å². The van der Waals surface area contributed by atoms with Gasteiger partial charge in [-0.05, 0) is 28.1 Å². The monoisotopic (exact) mass is 294 g/mol. The molecule has 1 N–H and O–H groups in total. The Morgan fingerprint density at radius 1 is 1.18 bits per heavy atom. The summed E-state index contributed by atoms with van der Waals surface area (Å²) >= 11 is 2.97. The summed E-state index contributed by atoms with van der Waals surface area (Å²) < 4.78 is 0.681. The number of halogens is 1. The fourth-order valence-electron chi connectivity index (χ4n) is 1.34. The third-order valence-electron chi connectivity index (χ3n) is 2.16. The van der Waals surface area contributed by atoms with E-state index in [0.717, 1.165) is 0 Å². The van der Waals surface area contributed by atoms with Crippen molar-refractivity contribution >= 4 is 21.8 Å². The number of rotatable bonds is 1. The number of aromatic nitrogens is 2. The number of benzene rings is 1. The van der Waals surface area contributed by atoms with Crippen LogP contribution < -0.4 is 11.2 Å². The molecule has 1 heterocycles.